The molecule has 1 amide bonds. The molecule has 194 valence electrons. The number of hydrogen-bond acceptors (Lipinski definition) is 9. The van der Waals surface area contributed by atoms with Crippen molar-refractivity contribution >= 4 is 71.2 Å². The van der Waals surface area contributed by atoms with Crippen LogP contribution in [0, 0.1) is 6.92 Å². The van der Waals surface area contributed by atoms with E-state index in [1.54, 1.807) is 31.2 Å². The average molecular weight is 662 g/mol. The number of aryl methyl sites for hydroxylation is 1. The molecule has 0 fully saturated rings. The van der Waals surface area contributed by atoms with Crippen molar-refractivity contribution in [2.75, 3.05) is 18.6 Å². The largest absolute Gasteiger partial charge is 0.503 e. The highest BCUT2D eigenvalue weighted by Crippen LogP contribution is 2.46. The van der Waals surface area contributed by atoms with E-state index in [1.165, 1.54) is 24.2 Å². The number of aromatic hydroxyl groups is 1. The van der Waals surface area contributed by atoms with E-state index >= 15 is 0 Å². The van der Waals surface area contributed by atoms with Crippen LogP contribution in [0.2, 0.25) is 0 Å². The van der Waals surface area contributed by atoms with E-state index in [2.05, 4.69) is 43.4 Å². The first kappa shape index (κ1) is 26.1. The van der Waals surface area contributed by atoms with Crippen LogP contribution in [0.3, 0.4) is 0 Å². The summed E-state index contributed by atoms with van der Waals surface area (Å²) >= 11 is 7.66. The van der Waals surface area contributed by atoms with Gasteiger partial charge in [0.1, 0.15) is 17.1 Å². The van der Waals surface area contributed by atoms with Crippen molar-refractivity contribution in [3.8, 4) is 11.5 Å². The van der Waals surface area contributed by atoms with E-state index in [4.69, 9.17) is 13.9 Å². The van der Waals surface area contributed by atoms with Crippen molar-refractivity contribution in [1.82, 2.24) is 4.98 Å². The highest BCUT2D eigenvalue weighted by Gasteiger charge is 2.46. The van der Waals surface area contributed by atoms with E-state index in [-0.39, 0.29) is 50.4 Å². The van der Waals surface area contributed by atoms with Gasteiger partial charge in [0.25, 0.3) is 5.91 Å². The lowest BCUT2D eigenvalue weighted by Gasteiger charge is -2.23. The third-order valence-electron chi connectivity index (χ3n) is 5.93. The molecule has 2 aromatic heterocycles. The minimum atomic E-state index is -0.995. The topological polar surface area (TPSA) is 119 Å². The molecule has 4 aromatic rings. The molecule has 0 radical (unpaired) electrons. The van der Waals surface area contributed by atoms with Gasteiger partial charge in [-0.25, -0.2) is 9.78 Å². The lowest BCUT2D eigenvalue weighted by molar-refractivity contribution is 0.0554. The predicted molar refractivity (Wildman–Crippen MR) is 149 cm³/mol. The lowest BCUT2D eigenvalue weighted by atomic mass is 9.98. The molecule has 1 atom stereocenters. The summed E-state index contributed by atoms with van der Waals surface area (Å²) < 4.78 is 17.4. The molecule has 0 aliphatic carbocycles. The first-order chi connectivity index (χ1) is 18.2. The number of halogens is 2. The summed E-state index contributed by atoms with van der Waals surface area (Å²) in [5, 5.41) is 10.8. The minimum Gasteiger partial charge on any atom is -0.503 e. The smallest absolute Gasteiger partial charge is 0.350 e. The molecular formula is C26H18Br2N2O7S. The van der Waals surface area contributed by atoms with Crippen molar-refractivity contribution in [2.45, 2.75) is 13.0 Å². The van der Waals surface area contributed by atoms with Crippen LogP contribution >= 0.6 is 43.2 Å². The number of aromatic nitrogens is 1. The maximum absolute atomic E-state index is 13.8. The van der Waals surface area contributed by atoms with Crippen molar-refractivity contribution in [3.05, 3.63) is 89.6 Å². The fourth-order valence-electron chi connectivity index (χ4n) is 4.24. The van der Waals surface area contributed by atoms with Gasteiger partial charge < -0.3 is 19.0 Å². The van der Waals surface area contributed by atoms with Gasteiger partial charge >= 0.3 is 5.97 Å². The van der Waals surface area contributed by atoms with Gasteiger partial charge in [-0.1, -0.05) is 39.9 Å². The van der Waals surface area contributed by atoms with Crippen LogP contribution in [0.5, 0.6) is 11.5 Å². The second kappa shape index (κ2) is 10.0. The molecule has 1 N–H and O–H groups in total. The van der Waals surface area contributed by atoms with E-state index in [1.807, 2.05) is 0 Å². The molecule has 1 unspecified atom stereocenters. The molecule has 1 aliphatic heterocycles. The van der Waals surface area contributed by atoms with Crippen LogP contribution in [0.1, 0.15) is 43.1 Å². The van der Waals surface area contributed by atoms with Gasteiger partial charge in [-0.15, -0.1) is 0 Å². The first-order valence-electron chi connectivity index (χ1n) is 11.1. The maximum atomic E-state index is 13.8. The number of phenolic OH excluding ortho intramolecular Hbond substituents is 1. The number of esters is 1. The molecule has 0 bridgehead atoms. The van der Waals surface area contributed by atoms with Gasteiger partial charge in [-0.3, -0.25) is 14.5 Å². The number of carbonyl (C=O) groups is 2. The maximum Gasteiger partial charge on any atom is 0.350 e. The van der Waals surface area contributed by atoms with Gasteiger partial charge in [0.2, 0.25) is 5.76 Å². The highest BCUT2D eigenvalue weighted by molar-refractivity contribution is 9.10. The molecule has 1 aliphatic rings. The van der Waals surface area contributed by atoms with Gasteiger partial charge in [0, 0.05) is 4.47 Å². The molecule has 2 aromatic carbocycles. The summed E-state index contributed by atoms with van der Waals surface area (Å²) in [5.41, 5.74) is 0.761. The van der Waals surface area contributed by atoms with E-state index < -0.39 is 23.3 Å². The number of ether oxygens (including phenoxy) is 2. The Balaban J connectivity index is 1.77. The number of rotatable bonds is 6. The number of phenols is 1. The van der Waals surface area contributed by atoms with Crippen molar-refractivity contribution in [2.24, 2.45) is 0 Å². The van der Waals surface area contributed by atoms with E-state index in [0.29, 0.717) is 20.2 Å². The molecule has 3 heterocycles. The van der Waals surface area contributed by atoms with Crippen LogP contribution in [0.15, 0.2) is 61.1 Å². The van der Waals surface area contributed by atoms with Gasteiger partial charge in [-0.05, 0) is 58.7 Å². The monoisotopic (exact) mass is 660 g/mol. The predicted octanol–water partition coefficient (Wildman–Crippen LogP) is 5.89. The SMILES string of the molecule is C=CCOC(=O)c1sc(N2C(=O)c3oc4ccc(Br)cc4c(=O)c3C2c2cc(Br)c(O)c(OC)c2)nc1C. The Morgan fingerprint density at radius 3 is 2.76 bits per heavy atom. The standard InChI is InChI=1S/C26H18Br2N2O7S/c1-4-7-36-25(34)23-11(2)29-26(38-23)30-19(12-8-15(28)21(32)17(9-12)35-3)18-20(31)14-10-13(27)5-6-16(14)37-22(18)24(30)33/h4-6,8-10,19,32H,1,7H2,2-3H3. The number of thiazole rings is 1. The number of fused-ring (bicyclic) bond motifs is 2. The Kier molecular flexibility index (Phi) is 6.88. The number of amides is 1. The summed E-state index contributed by atoms with van der Waals surface area (Å²) in [4.78, 5) is 46.3. The molecule has 5 rings (SSSR count). The Morgan fingerprint density at radius 2 is 2.05 bits per heavy atom. The van der Waals surface area contributed by atoms with Gasteiger partial charge in [-0.2, -0.15) is 0 Å². The molecule has 12 heteroatoms. The van der Waals surface area contributed by atoms with E-state index in [9.17, 15) is 19.5 Å². The summed E-state index contributed by atoms with van der Waals surface area (Å²) in [6, 6.07) is 7.06. The molecule has 9 nitrogen and oxygen atoms in total. The van der Waals surface area contributed by atoms with Crippen molar-refractivity contribution in [1.29, 1.82) is 0 Å². The Labute approximate surface area is 236 Å². The summed E-state index contributed by atoms with van der Waals surface area (Å²) in [7, 11) is 1.39. The molecule has 0 spiro atoms. The summed E-state index contributed by atoms with van der Waals surface area (Å²) in [6.07, 6.45) is 1.45. The van der Waals surface area contributed by atoms with Crippen LogP contribution in [0.4, 0.5) is 5.13 Å². The second-order valence-corrected chi connectivity index (χ2v) is 11.0. The van der Waals surface area contributed by atoms with Gasteiger partial charge in [0.05, 0.1) is 34.3 Å². The van der Waals surface area contributed by atoms with Crippen LogP contribution < -0.4 is 15.1 Å². The number of anilines is 1. The number of carbonyl (C=O) groups excluding carboxylic acids is 2. The fourth-order valence-corrected chi connectivity index (χ4v) is 6.05. The molecular weight excluding hydrogens is 644 g/mol. The zero-order valence-corrected chi connectivity index (χ0v) is 23.9. The fraction of sp³-hybridized carbons (Fsp3) is 0.154. The Morgan fingerprint density at radius 1 is 1.29 bits per heavy atom. The second-order valence-electron chi connectivity index (χ2n) is 8.24. The van der Waals surface area contributed by atoms with E-state index in [0.717, 1.165) is 11.3 Å². The average Bonchev–Trinajstić information content (AvgIpc) is 3.42. The third kappa shape index (κ3) is 4.22. The molecule has 0 saturated heterocycles. The summed E-state index contributed by atoms with van der Waals surface area (Å²) in [6.45, 7) is 5.19. The molecule has 0 saturated carbocycles. The first-order valence-corrected chi connectivity index (χ1v) is 13.5. The Bertz CT molecular complexity index is 1710. The number of benzene rings is 2. The zero-order valence-electron chi connectivity index (χ0n) is 19.9. The van der Waals surface area contributed by atoms with Crippen molar-refractivity contribution < 1.29 is 28.6 Å². The zero-order chi connectivity index (χ0) is 27.3. The summed E-state index contributed by atoms with van der Waals surface area (Å²) in [5.74, 6) is -1.35. The number of hydrogen-bond donors (Lipinski definition) is 1. The number of methoxy groups -OCH3 is 1. The Hall–Kier alpha value is -3.48. The van der Waals surface area contributed by atoms with Crippen LogP contribution in [-0.2, 0) is 4.74 Å². The number of nitrogens with zero attached hydrogens (tertiary/aromatic N) is 2. The quantitative estimate of drug-likeness (QED) is 0.201. The minimum absolute atomic E-state index is 0.0180. The normalized spacial score (nSPS) is 14.6. The third-order valence-corrected chi connectivity index (χ3v) is 8.16. The molecule has 38 heavy (non-hydrogen) atoms. The lowest BCUT2D eigenvalue weighted by Crippen LogP contribution is -2.29. The van der Waals surface area contributed by atoms with Gasteiger partial charge in [0.15, 0.2) is 22.1 Å². The van der Waals surface area contributed by atoms with Crippen LogP contribution in [0.25, 0.3) is 11.0 Å². The highest BCUT2D eigenvalue weighted by atomic mass is 79.9. The van der Waals surface area contributed by atoms with Crippen LogP contribution in [-0.4, -0.2) is 35.7 Å². The van der Waals surface area contributed by atoms with Crippen molar-refractivity contribution in [3.63, 3.8) is 0 Å².